The second-order valence-corrected chi connectivity index (χ2v) is 6.98. The van der Waals surface area contributed by atoms with E-state index in [1.54, 1.807) is 12.5 Å². The topological polar surface area (TPSA) is 80.6 Å². The number of nitrogens with zero attached hydrogens (tertiary/aromatic N) is 5. The van der Waals surface area contributed by atoms with Gasteiger partial charge in [0.2, 0.25) is 5.95 Å². The average molecular weight is 395 g/mol. The van der Waals surface area contributed by atoms with Crippen molar-refractivity contribution in [3.63, 3.8) is 0 Å². The van der Waals surface area contributed by atoms with E-state index in [-0.39, 0.29) is 0 Å². The maximum absolute atomic E-state index is 4.78. The second kappa shape index (κ2) is 7.79. The number of rotatable bonds is 6. The van der Waals surface area contributed by atoms with Gasteiger partial charge in [-0.15, -0.1) is 0 Å². The highest BCUT2D eigenvalue weighted by Gasteiger charge is 2.14. The van der Waals surface area contributed by atoms with Gasteiger partial charge in [0.15, 0.2) is 17.0 Å². The normalized spacial score (nSPS) is 11.1. The number of hydrogen-bond acceptors (Lipinski definition) is 6. The van der Waals surface area contributed by atoms with Crippen molar-refractivity contribution >= 4 is 39.5 Å². The lowest BCUT2D eigenvalue weighted by atomic mass is 10.2. The largest absolute Gasteiger partial charge is 0.368 e. The highest BCUT2D eigenvalue weighted by molar-refractivity contribution is 5.87. The molecule has 0 aliphatic rings. The zero-order chi connectivity index (χ0) is 20.3. The monoisotopic (exact) mass is 395 g/mol. The van der Waals surface area contributed by atoms with Crippen molar-refractivity contribution in [3.8, 4) is 5.69 Å². The van der Waals surface area contributed by atoms with Gasteiger partial charge in [-0.25, -0.2) is 4.98 Å². The molecule has 7 heteroatoms. The van der Waals surface area contributed by atoms with Crippen LogP contribution in [-0.4, -0.2) is 31.0 Å². The minimum absolute atomic E-state index is 0.516. The molecule has 3 aromatic heterocycles. The van der Waals surface area contributed by atoms with E-state index in [9.17, 15) is 0 Å². The molecule has 5 rings (SSSR count). The van der Waals surface area contributed by atoms with Crippen LogP contribution in [0.15, 0.2) is 73.2 Å². The van der Waals surface area contributed by atoms with Crippen LogP contribution in [0.4, 0.5) is 17.5 Å². The van der Waals surface area contributed by atoms with Gasteiger partial charge < -0.3 is 10.6 Å². The molecule has 0 bridgehead atoms. The Kier molecular flexibility index (Phi) is 4.69. The Bertz CT molecular complexity index is 1310. The van der Waals surface area contributed by atoms with Crippen molar-refractivity contribution in [3.05, 3.63) is 73.2 Å². The van der Waals surface area contributed by atoms with Crippen LogP contribution in [0.3, 0.4) is 0 Å². The molecule has 0 aliphatic carbocycles. The number of imidazole rings is 1. The maximum atomic E-state index is 4.78. The molecule has 0 radical (unpaired) electrons. The third-order valence-electron chi connectivity index (χ3n) is 4.83. The van der Waals surface area contributed by atoms with Crippen molar-refractivity contribution in [2.24, 2.45) is 0 Å². The van der Waals surface area contributed by atoms with Gasteiger partial charge in [-0.2, -0.15) is 9.97 Å². The first-order valence-electron chi connectivity index (χ1n) is 9.98. The van der Waals surface area contributed by atoms with Gasteiger partial charge >= 0.3 is 0 Å². The summed E-state index contributed by atoms with van der Waals surface area (Å²) in [6.07, 6.45) is 4.57. The van der Waals surface area contributed by atoms with Crippen LogP contribution in [-0.2, 0) is 0 Å². The molecule has 0 spiro atoms. The molecule has 3 heterocycles. The summed E-state index contributed by atoms with van der Waals surface area (Å²) in [6.45, 7) is 2.93. The molecule has 0 saturated carbocycles. The molecular formula is C23H21N7. The summed E-state index contributed by atoms with van der Waals surface area (Å²) in [5, 5.41) is 7.78. The van der Waals surface area contributed by atoms with Crippen LogP contribution in [0.2, 0.25) is 0 Å². The highest BCUT2D eigenvalue weighted by atomic mass is 15.2. The lowest BCUT2D eigenvalue weighted by Gasteiger charge is -2.11. The molecular weight excluding hydrogens is 374 g/mol. The van der Waals surface area contributed by atoms with Crippen molar-refractivity contribution in [2.45, 2.75) is 13.3 Å². The summed E-state index contributed by atoms with van der Waals surface area (Å²) < 4.78 is 1.98. The Hall–Kier alpha value is -4.00. The molecule has 0 atom stereocenters. The summed E-state index contributed by atoms with van der Waals surface area (Å²) in [4.78, 5) is 18.4. The summed E-state index contributed by atoms with van der Waals surface area (Å²) >= 11 is 0. The molecule has 0 saturated heterocycles. The molecule has 148 valence electrons. The minimum atomic E-state index is 0.516. The predicted octanol–water partition coefficient (Wildman–Crippen LogP) is 4.93. The molecule has 0 amide bonds. The number of aromatic nitrogens is 5. The van der Waals surface area contributed by atoms with Crippen LogP contribution in [0.1, 0.15) is 13.3 Å². The van der Waals surface area contributed by atoms with E-state index < -0.39 is 0 Å². The molecule has 0 unspecified atom stereocenters. The lowest BCUT2D eigenvalue weighted by Crippen LogP contribution is -2.07. The standard InChI is InChI=1S/C23H21N7/c1-2-12-25-21-20-22(30(15-26-20)18-8-4-3-5-9-18)29-23(28-21)27-17-10-11-19-16(14-17)7-6-13-24-19/h3-11,13-15H,2,12H2,1H3,(H2,25,27,28,29). The lowest BCUT2D eigenvalue weighted by molar-refractivity contribution is 0.969. The summed E-state index contributed by atoms with van der Waals surface area (Å²) in [6, 6.07) is 20.0. The molecule has 2 aromatic carbocycles. The molecule has 2 N–H and O–H groups in total. The average Bonchev–Trinajstić information content (AvgIpc) is 3.22. The number of para-hydroxylation sites is 1. The first kappa shape index (κ1) is 18.1. The van der Waals surface area contributed by atoms with E-state index in [0.717, 1.165) is 52.2 Å². The van der Waals surface area contributed by atoms with Gasteiger partial charge in [-0.05, 0) is 42.8 Å². The Balaban J connectivity index is 1.59. The van der Waals surface area contributed by atoms with Gasteiger partial charge in [0, 0.05) is 29.5 Å². The van der Waals surface area contributed by atoms with Crippen molar-refractivity contribution in [2.75, 3.05) is 17.2 Å². The number of fused-ring (bicyclic) bond motifs is 2. The van der Waals surface area contributed by atoms with E-state index >= 15 is 0 Å². The van der Waals surface area contributed by atoms with E-state index in [2.05, 4.69) is 27.5 Å². The molecule has 0 fully saturated rings. The molecule has 7 nitrogen and oxygen atoms in total. The Morgan fingerprint density at radius 1 is 0.933 bits per heavy atom. The van der Waals surface area contributed by atoms with Crippen molar-refractivity contribution in [1.82, 2.24) is 24.5 Å². The van der Waals surface area contributed by atoms with Crippen molar-refractivity contribution < 1.29 is 0 Å². The smallest absolute Gasteiger partial charge is 0.231 e. The van der Waals surface area contributed by atoms with Crippen LogP contribution >= 0.6 is 0 Å². The van der Waals surface area contributed by atoms with Crippen molar-refractivity contribution in [1.29, 1.82) is 0 Å². The zero-order valence-corrected chi connectivity index (χ0v) is 16.6. The van der Waals surface area contributed by atoms with Gasteiger partial charge in [-0.1, -0.05) is 31.2 Å². The van der Waals surface area contributed by atoms with E-state index in [1.807, 2.05) is 65.2 Å². The van der Waals surface area contributed by atoms with Crippen LogP contribution in [0.25, 0.3) is 27.8 Å². The minimum Gasteiger partial charge on any atom is -0.368 e. The van der Waals surface area contributed by atoms with Crippen LogP contribution in [0, 0.1) is 0 Å². The quantitative estimate of drug-likeness (QED) is 0.424. The van der Waals surface area contributed by atoms with Crippen LogP contribution in [0.5, 0.6) is 0 Å². The number of benzene rings is 2. The number of anilines is 3. The Labute approximate surface area is 173 Å². The second-order valence-electron chi connectivity index (χ2n) is 6.98. The summed E-state index contributed by atoms with van der Waals surface area (Å²) in [5.74, 6) is 1.24. The molecule has 5 aromatic rings. The zero-order valence-electron chi connectivity index (χ0n) is 16.6. The summed E-state index contributed by atoms with van der Waals surface area (Å²) in [7, 11) is 0. The fourth-order valence-corrected chi connectivity index (χ4v) is 3.38. The van der Waals surface area contributed by atoms with Gasteiger partial charge in [-0.3, -0.25) is 9.55 Å². The molecule has 0 aliphatic heterocycles. The van der Waals surface area contributed by atoms with Gasteiger partial charge in [0.1, 0.15) is 6.33 Å². The maximum Gasteiger partial charge on any atom is 0.231 e. The summed E-state index contributed by atoms with van der Waals surface area (Å²) in [5.41, 5.74) is 4.36. The van der Waals surface area contributed by atoms with Gasteiger partial charge in [0.25, 0.3) is 0 Å². The Morgan fingerprint density at radius 3 is 2.70 bits per heavy atom. The number of pyridine rings is 1. The predicted molar refractivity (Wildman–Crippen MR) is 120 cm³/mol. The number of nitrogens with one attached hydrogen (secondary N) is 2. The third kappa shape index (κ3) is 3.41. The highest BCUT2D eigenvalue weighted by Crippen LogP contribution is 2.26. The SMILES string of the molecule is CCCNc1nc(Nc2ccc3ncccc3c2)nc2c1ncn2-c1ccccc1. The fourth-order valence-electron chi connectivity index (χ4n) is 3.38. The Morgan fingerprint density at radius 2 is 1.83 bits per heavy atom. The first-order valence-corrected chi connectivity index (χ1v) is 9.98. The number of hydrogen-bond donors (Lipinski definition) is 2. The third-order valence-corrected chi connectivity index (χ3v) is 4.83. The van der Waals surface area contributed by atoms with E-state index in [1.165, 1.54) is 0 Å². The molecule has 30 heavy (non-hydrogen) atoms. The van der Waals surface area contributed by atoms with Gasteiger partial charge in [0.05, 0.1) is 5.52 Å². The van der Waals surface area contributed by atoms with E-state index in [4.69, 9.17) is 9.97 Å². The van der Waals surface area contributed by atoms with E-state index in [0.29, 0.717) is 5.95 Å². The fraction of sp³-hybridized carbons (Fsp3) is 0.130. The van der Waals surface area contributed by atoms with Crippen LogP contribution < -0.4 is 10.6 Å². The first-order chi connectivity index (χ1) is 14.8.